The fraction of sp³-hybridized carbons (Fsp3) is 0.333. The second-order valence-electron chi connectivity index (χ2n) is 1.68. The second kappa shape index (κ2) is 3.38. The van der Waals surface area contributed by atoms with Gasteiger partial charge in [0.2, 0.25) is 0 Å². The number of hydrogen-bond donors (Lipinski definition) is 2. The second-order valence-corrected chi connectivity index (χ2v) is 5.26. The molecule has 3 heteroatoms. The summed E-state index contributed by atoms with van der Waals surface area (Å²) < 4.78 is 2.23. The molecule has 1 heterocycles. The molecule has 0 aromatic carbocycles. The molecular formula is C6H8O2Te. The summed E-state index contributed by atoms with van der Waals surface area (Å²) in [4.78, 5) is 0. The number of rotatable bonds is 2. The van der Waals surface area contributed by atoms with Crippen LogP contribution in [0.2, 0.25) is 0 Å². The molecule has 0 bridgehead atoms. The van der Waals surface area contributed by atoms with Gasteiger partial charge >= 0.3 is 63.1 Å². The summed E-state index contributed by atoms with van der Waals surface area (Å²) in [5.74, 6) is 0. The van der Waals surface area contributed by atoms with Crippen LogP contribution in [0.1, 0.15) is 7.16 Å². The molecule has 1 rings (SSSR count). The van der Waals surface area contributed by atoms with Crippen molar-refractivity contribution in [2.45, 2.75) is 13.2 Å². The van der Waals surface area contributed by atoms with E-state index in [0.717, 1.165) is 7.16 Å². The van der Waals surface area contributed by atoms with E-state index in [-0.39, 0.29) is 33.6 Å². The Morgan fingerprint density at radius 2 is 1.56 bits per heavy atom. The van der Waals surface area contributed by atoms with Crippen molar-refractivity contribution in [1.29, 1.82) is 0 Å². The van der Waals surface area contributed by atoms with Crippen molar-refractivity contribution in [3.05, 3.63) is 19.3 Å². The Kier molecular flexibility index (Phi) is 2.74. The van der Waals surface area contributed by atoms with Crippen LogP contribution in [0.4, 0.5) is 0 Å². The normalized spacial score (nSPS) is 10.0. The van der Waals surface area contributed by atoms with Crippen LogP contribution in [0.5, 0.6) is 0 Å². The molecule has 50 valence electrons. The molecule has 0 aliphatic rings. The summed E-state index contributed by atoms with van der Waals surface area (Å²) in [6, 6.07) is 3.82. The van der Waals surface area contributed by atoms with Gasteiger partial charge in [0.25, 0.3) is 0 Å². The first-order valence-electron chi connectivity index (χ1n) is 2.66. The van der Waals surface area contributed by atoms with E-state index >= 15 is 0 Å². The summed E-state index contributed by atoms with van der Waals surface area (Å²) in [5, 5.41) is 17.3. The predicted octanol–water partition coefficient (Wildman–Crippen LogP) is -0.272. The van der Waals surface area contributed by atoms with Gasteiger partial charge < -0.3 is 0 Å². The summed E-state index contributed by atoms with van der Waals surface area (Å²) in [6.45, 7) is 0.338. The molecule has 0 spiro atoms. The Morgan fingerprint density at radius 1 is 1.11 bits per heavy atom. The Hall–Kier alpha value is 0.190. The first-order chi connectivity index (χ1) is 4.36. The van der Waals surface area contributed by atoms with Crippen molar-refractivity contribution >= 4 is 20.4 Å². The average molecular weight is 240 g/mol. The van der Waals surface area contributed by atoms with Gasteiger partial charge in [-0.25, -0.2) is 0 Å². The maximum atomic E-state index is 8.63. The van der Waals surface area contributed by atoms with E-state index in [0.29, 0.717) is 0 Å². The fourth-order valence-electron chi connectivity index (χ4n) is 0.592. The third-order valence-electron chi connectivity index (χ3n) is 1.03. The molecule has 1 aromatic heterocycles. The van der Waals surface area contributed by atoms with Crippen molar-refractivity contribution in [1.82, 2.24) is 0 Å². The molecule has 2 N–H and O–H groups in total. The SMILES string of the molecule is OCc1ccc(CO)[te]1. The van der Waals surface area contributed by atoms with Crippen LogP contribution in [-0.4, -0.2) is 30.6 Å². The Labute approximate surface area is 63.4 Å². The molecule has 0 radical (unpaired) electrons. The van der Waals surface area contributed by atoms with Crippen molar-refractivity contribution < 1.29 is 10.2 Å². The van der Waals surface area contributed by atoms with Gasteiger partial charge in [0.15, 0.2) is 0 Å². The molecule has 0 atom stereocenters. The monoisotopic (exact) mass is 242 g/mol. The zero-order valence-electron chi connectivity index (χ0n) is 4.87. The third-order valence-corrected chi connectivity index (χ3v) is 4.04. The van der Waals surface area contributed by atoms with Crippen molar-refractivity contribution in [3.63, 3.8) is 0 Å². The van der Waals surface area contributed by atoms with E-state index in [9.17, 15) is 0 Å². The Morgan fingerprint density at radius 3 is 1.78 bits per heavy atom. The third kappa shape index (κ3) is 1.80. The quantitative estimate of drug-likeness (QED) is 0.698. The van der Waals surface area contributed by atoms with Gasteiger partial charge in [-0.05, 0) is 0 Å². The van der Waals surface area contributed by atoms with Gasteiger partial charge in [-0.15, -0.1) is 0 Å². The van der Waals surface area contributed by atoms with Crippen molar-refractivity contribution in [2.24, 2.45) is 0 Å². The zero-order chi connectivity index (χ0) is 6.69. The molecule has 1 aromatic rings. The predicted molar refractivity (Wildman–Crippen MR) is 35.2 cm³/mol. The summed E-state index contributed by atoms with van der Waals surface area (Å²) >= 11 is -0.333. The van der Waals surface area contributed by atoms with Gasteiger partial charge in [-0.3, -0.25) is 0 Å². The minimum absolute atomic E-state index is 0.169. The van der Waals surface area contributed by atoms with Crippen LogP contribution in [0.3, 0.4) is 0 Å². The van der Waals surface area contributed by atoms with Crippen LogP contribution < -0.4 is 0 Å². The number of hydrogen-bond acceptors (Lipinski definition) is 2. The minimum atomic E-state index is -0.333. The fourth-order valence-corrected chi connectivity index (χ4v) is 2.70. The molecule has 0 unspecified atom stereocenters. The molecular weight excluding hydrogens is 232 g/mol. The molecule has 0 saturated heterocycles. The number of aliphatic hydroxyl groups is 2. The van der Waals surface area contributed by atoms with Gasteiger partial charge in [-0.1, -0.05) is 0 Å². The van der Waals surface area contributed by atoms with E-state index in [1.54, 1.807) is 0 Å². The topological polar surface area (TPSA) is 40.5 Å². The van der Waals surface area contributed by atoms with E-state index in [2.05, 4.69) is 0 Å². The summed E-state index contributed by atoms with van der Waals surface area (Å²) in [6.07, 6.45) is 0. The maximum absolute atomic E-state index is 8.63. The molecule has 0 aliphatic carbocycles. The van der Waals surface area contributed by atoms with Crippen LogP contribution >= 0.6 is 0 Å². The molecule has 9 heavy (non-hydrogen) atoms. The number of aliphatic hydroxyl groups excluding tert-OH is 2. The van der Waals surface area contributed by atoms with Crippen LogP contribution in [-0.2, 0) is 13.2 Å². The average Bonchev–Trinajstić information content (AvgIpc) is 2.34. The van der Waals surface area contributed by atoms with E-state index in [4.69, 9.17) is 10.2 Å². The van der Waals surface area contributed by atoms with E-state index < -0.39 is 0 Å². The zero-order valence-corrected chi connectivity index (χ0v) is 7.20. The first-order valence-corrected chi connectivity index (χ1v) is 4.99. The summed E-state index contributed by atoms with van der Waals surface area (Å²) in [7, 11) is 0. The van der Waals surface area contributed by atoms with Gasteiger partial charge in [0.05, 0.1) is 0 Å². The molecule has 2 nitrogen and oxygen atoms in total. The van der Waals surface area contributed by atoms with Gasteiger partial charge in [-0.2, -0.15) is 0 Å². The van der Waals surface area contributed by atoms with Crippen LogP contribution in [0, 0.1) is 0 Å². The van der Waals surface area contributed by atoms with Crippen molar-refractivity contribution in [2.75, 3.05) is 0 Å². The molecule has 0 aliphatic heterocycles. The van der Waals surface area contributed by atoms with Crippen LogP contribution in [0.15, 0.2) is 12.1 Å². The summed E-state index contributed by atoms with van der Waals surface area (Å²) in [5.41, 5.74) is 0. The molecule has 0 fully saturated rings. The Bertz CT molecular complexity index is 164. The first kappa shape index (κ1) is 7.30. The Balaban J connectivity index is 2.74. The van der Waals surface area contributed by atoms with Gasteiger partial charge in [0.1, 0.15) is 0 Å². The standard InChI is InChI=1S/C6H8O2Te/c7-3-5-1-2-6(4-8)9-5/h1-2,7-8H,3-4H2. The molecule has 0 saturated carbocycles. The van der Waals surface area contributed by atoms with Crippen molar-refractivity contribution in [3.8, 4) is 0 Å². The molecule has 0 amide bonds. The van der Waals surface area contributed by atoms with E-state index in [1.165, 1.54) is 0 Å². The van der Waals surface area contributed by atoms with E-state index in [1.807, 2.05) is 12.1 Å². The van der Waals surface area contributed by atoms with Gasteiger partial charge in [0, 0.05) is 0 Å². The van der Waals surface area contributed by atoms with Crippen LogP contribution in [0.25, 0.3) is 0 Å².